The molecule has 1 heterocycles. The van der Waals surface area contributed by atoms with Crippen molar-refractivity contribution in [3.05, 3.63) is 0 Å². The zero-order valence-corrected chi connectivity index (χ0v) is 10.2. The van der Waals surface area contributed by atoms with E-state index >= 15 is 0 Å². The summed E-state index contributed by atoms with van der Waals surface area (Å²) in [5.74, 6) is -2.73. The number of urea groups is 1. The monoisotopic (exact) mass is 272 g/mol. The van der Waals surface area contributed by atoms with E-state index in [-0.39, 0.29) is 6.54 Å². The minimum Gasteiger partial charge on any atom is -0.480 e. The van der Waals surface area contributed by atoms with Crippen LogP contribution in [0.2, 0.25) is 0 Å². The fourth-order valence-corrected chi connectivity index (χ4v) is 2.00. The molecule has 1 atom stereocenters. The molecule has 0 radical (unpaired) electrons. The second kappa shape index (κ2) is 6.03. The third-order valence-electron chi connectivity index (χ3n) is 2.75. The van der Waals surface area contributed by atoms with Crippen LogP contribution in [0.5, 0.6) is 0 Å². The number of carboxylic acid groups (broad SMARTS) is 1. The first-order valence-electron chi connectivity index (χ1n) is 5.68. The van der Waals surface area contributed by atoms with E-state index in [2.05, 4.69) is 0 Å². The van der Waals surface area contributed by atoms with E-state index in [4.69, 9.17) is 16.6 Å². The standard InChI is InChI=1S/C10H16N4O5/c11-7(15)4-13(5-8(12)16)10(19)14-3-1-2-6(14)9(17)18/h6H,1-5H2,(H2,11,15)(H2,12,16)(H,17,18)/t6-/m1/s1. The quantitative estimate of drug-likeness (QED) is 0.526. The van der Waals surface area contributed by atoms with Crippen LogP contribution in [0, 0.1) is 0 Å². The summed E-state index contributed by atoms with van der Waals surface area (Å²) in [6.45, 7) is -0.709. The Labute approximate surface area is 109 Å². The summed E-state index contributed by atoms with van der Waals surface area (Å²) in [4.78, 5) is 46.8. The van der Waals surface area contributed by atoms with E-state index in [0.29, 0.717) is 12.8 Å². The van der Waals surface area contributed by atoms with E-state index in [0.717, 1.165) is 9.80 Å². The summed E-state index contributed by atoms with van der Waals surface area (Å²) in [5, 5.41) is 8.98. The molecule has 0 saturated carbocycles. The number of aliphatic carboxylic acids is 1. The zero-order valence-electron chi connectivity index (χ0n) is 10.2. The Morgan fingerprint density at radius 3 is 2.11 bits per heavy atom. The summed E-state index contributed by atoms with van der Waals surface area (Å²) in [5.41, 5.74) is 9.96. The van der Waals surface area contributed by atoms with E-state index < -0.39 is 42.9 Å². The van der Waals surface area contributed by atoms with Crippen molar-refractivity contribution >= 4 is 23.8 Å². The molecule has 9 heteroatoms. The van der Waals surface area contributed by atoms with Crippen molar-refractivity contribution in [2.24, 2.45) is 11.5 Å². The maximum absolute atomic E-state index is 12.1. The lowest BCUT2D eigenvalue weighted by Gasteiger charge is -2.28. The molecule has 1 fully saturated rings. The van der Waals surface area contributed by atoms with Crippen molar-refractivity contribution in [3.63, 3.8) is 0 Å². The first kappa shape index (κ1) is 14.7. The average molecular weight is 272 g/mol. The Morgan fingerprint density at radius 1 is 1.16 bits per heavy atom. The molecule has 0 spiro atoms. The number of likely N-dealkylation sites (tertiary alicyclic amines) is 1. The Bertz CT molecular complexity index is 395. The van der Waals surface area contributed by atoms with Crippen LogP contribution < -0.4 is 11.5 Å². The number of carbonyl (C=O) groups is 4. The van der Waals surface area contributed by atoms with Gasteiger partial charge in [0, 0.05) is 6.54 Å². The highest BCUT2D eigenvalue weighted by atomic mass is 16.4. The minimum absolute atomic E-state index is 0.254. The fourth-order valence-electron chi connectivity index (χ4n) is 2.00. The van der Waals surface area contributed by atoms with E-state index in [9.17, 15) is 19.2 Å². The van der Waals surface area contributed by atoms with Gasteiger partial charge in [-0.05, 0) is 12.8 Å². The molecule has 0 aromatic heterocycles. The number of rotatable bonds is 5. The highest BCUT2D eigenvalue weighted by Gasteiger charge is 2.36. The van der Waals surface area contributed by atoms with Crippen LogP contribution in [0.4, 0.5) is 4.79 Å². The van der Waals surface area contributed by atoms with Crippen molar-refractivity contribution in [1.29, 1.82) is 0 Å². The molecule has 4 amide bonds. The highest BCUT2D eigenvalue weighted by molar-refractivity contribution is 5.89. The number of carbonyl (C=O) groups excluding carboxylic acids is 3. The van der Waals surface area contributed by atoms with Crippen molar-refractivity contribution in [2.45, 2.75) is 18.9 Å². The van der Waals surface area contributed by atoms with E-state index in [1.807, 2.05) is 0 Å². The van der Waals surface area contributed by atoms with Gasteiger partial charge in [0.25, 0.3) is 0 Å². The van der Waals surface area contributed by atoms with Crippen molar-refractivity contribution < 1.29 is 24.3 Å². The summed E-state index contributed by atoms with van der Waals surface area (Å²) in [6, 6.07) is -1.67. The molecule has 0 aliphatic carbocycles. The van der Waals surface area contributed by atoms with Crippen molar-refractivity contribution in [2.75, 3.05) is 19.6 Å². The number of hydrogen-bond donors (Lipinski definition) is 3. The minimum atomic E-state index is -1.12. The van der Waals surface area contributed by atoms with Gasteiger partial charge in [0.15, 0.2) is 0 Å². The number of hydrogen-bond acceptors (Lipinski definition) is 4. The van der Waals surface area contributed by atoms with Crippen LogP contribution in [-0.4, -0.2) is 64.4 Å². The summed E-state index contributed by atoms with van der Waals surface area (Å²) in [6.07, 6.45) is 0.881. The molecule has 106 valence electrons. The van der Waals surface area contributed by atoms with Crippen LogP contribution in [0.1, 0.15) is 12.8 Å². The van der Waals surface area contributed by atoms with Gasteiger partial charge in [-0.2, -0.15) is 0 Å². The Hall–Kier alpha value is -2.32. The SMILES string of the molecule is NC(=O)CN(CC(N)=O)C(=O)N1CCC[C@@H]1C(=O)O. The molecule has 0 unspecified atom stereocenters. The lowest BCUT2D eigenvalue weighted by atomic mass is 10.2. The predicted octanol–water partition coefficient (Wildman–Crippen LogP) is -2.07. The maximum Gasteiger partial charge on any atom is 0.326 e. The summed E-state index contributed by atoms with van der Waals surface area (Å²) < 4.78 is 0. The molecule has 0 bridgehead atoms. The topological polar surface area (TPSA) is 147 Å². The van der Waals surface area contributed by atoms with Gasteiger partial charge in [0.05, 0.1) is 0 Å². The van der Waals surface area contributed by atoms with Gasteiger partial charge in [-0.1, -0.05) is 0 Å². The Balaban J connectivity index is 2.82. The third-order valence-corrected chi connectivity index (χ3v) is 2.75. The molecule has 0 aromatic carbocycles. The Morgan fingerprint density at radius 2 is 1.68 bits per heavy atom. The molecule has 1 saturated heterocycles. The van der Waals surface area contributed by atoms with Crippen molar-refractivity contribution in [1.82, 2.24) is 9.80 Å². The van der Waals surface area contributed by atoms with Gasteiger partial charge in [-0.15, -0.1) is 0 Å². The maximum atomic E-state index is 12.1. The van der Waals surface area contributed by atoms with Gasteiger partial charge in [0.1, 0.15) is 19.1 Å². The number of nitrogens with zero attached hydrogens (tertiary/aromatic N) is 2. The van der Waals surface area contributed by atoms with Gasteiger partial charge in [-0.3, -0.25) is 9.59 Å². The van der Waals surface area contributed by atoms with Gasteiger partial charge >= 0.3 is 12.0 Å². The van der Waals surface area contributed by atoms with Gasteiger partial charge in [-0.25, -0.2) is 9.59 Å². The second-order valence-corrected chi connectivity index (χ2v) is 4.26. The number of amides is 4. The van der Waals surface area contributed by atoms with Crippen LogP contribution in [0.25, 0.3) is 0 Å². The zero-order chi connectivity index (χ0) is 14.6. The van der Waals surface area contributed by atoms with Gasteiger partial charge < -0.3 is 26.4 Å². The summed E-state index contributed by atoms with van der Waals surface area (Å²) in [7, 11) is 0. The van der Waals surface area contributed by atoms with Crippen LogP contribution >= 0.6 is 0 Å². The normalized spacial score (nSPS) is 18.1. The van der Waals surface area contributed by atoms with Crippen LogP contribution in [-0.2, 0) is 14.4 Å². The van der Waals surface area contributed by atoms with Crippen molar-refractivity contribution in [3.8, 4) is 0 Å². The molecular weight excluding hydrogens is 256 g/mol. The van der Waals surface area contributed by atoms with Crippen LogP contribution in [0.15, 0.2) is 0 Å². The molecule has 0 aromatic rings. The number of nitrogens with two attached hydrogens (primary N) is 2. The number of carboxylic acids is 1. The van der Waals surface area contributed by atoms with Gasteiger partial charge in [0.2, 0.25) is 11.8 Å². The average Bonchev–Trinajstić information content (AvgIpc) is 2.74. The van der Waals surface area contributed by atoms with E-state index in [1.165, 1.54) is 0 Å². The molecular formula is C10H16N4O5. The lowest BCUT2D eigenvalue weighted by Crippen LogP contribution is -2.52. The first-order chi connectivity index (χ1) is 8.82. The first-order valence-corrected chi connectivity index (χ1v) is 5.68. The predicted molar refractivity (Wildman–Crippen MR) is 62.7 cm³/mol. The molecule has 1 rings (SSSR count). The molecule has 1 aliphatic heterocycles. The summed E-state index contributed by atoms with van der Waals surface area (Å²) >= 11 is 0. The number of primary amides is 2. The van der Waals surface area contributed by atoms with E-state index in [1.54, 1.807) is 0 Å². The smallest absolute Gasteiger partial charge is 0.326 e. The molecule has 9 nitrogen and oxygen atoms in total. The molecule has 5 N–H and O–H groups in total. The largest absolute Gasteiger partial charge is 0.480 e. The molecule has 1 aliphatic rings. The lowest BCUT2D eigenvalue weighted by molar-refractivity contribution is -0.141. The molecule has 19 heavy (non-hydrogen) atoms. The van der Waals surface area contributed by atoms with Crippen LogP contribution in [0.3, 0.4) is 0 Å². The second-order valence-electron chi connectivity index (χ2n) is 4.26. The third kappa shape index (κ3) is 3.83. The highest BCUT2D eigenvalue weighted by Crippen LogP contribution is 2.19. The Kier molecular flexibility index (Phi) is 4.67. The fraction of sp³-hybridized carbons (Fsp3) is 0.600.